The van der Waals surface area contributed by atoms with Crippen molar-refractivity contribution < 1.29 is 9.53 Å². The monoisotopic (exact) mass is 363 g/mol. The number of methoxy groups -OCH3 is 1. The van der Waals surface area contributed by atoms with Gasteiger partial charge in [0.15, 0.2) is 0 Å². The Balaban J connectivity index is 2.26. The summed E-state index contributed by atoms with van der Waals surface area (Å²) >= 11 is 6.51. The van der Waals surface area contributed by atoms with Crippen LogP contribution in [-0.4, -0.2) is 47.4 Å². The van der Waals surface area contributed by atoms with Crippen LogP contribution in [0.25, 0.3) is 0 Å². The van der Waals surface area contributed by atoms with E-state index >= 15 is 0 Å². The molecule has 0 atom stereocenters. The number of carbonyl (C=O) groups is 1. The van der Waals surface area contributed by atoms with Crippen LogP contribution in [-0.2, 0) is 11.3 Å². The van der Waals surface area contributed by atoms with Gasteiger partial charge >= 0.3 is 0 Å². The number of rotatable bonds is 8. The first-order valence-corrected chi connectivity index (χ1v) is 8.86. The van der Waals surface area contributed by atoms with E-state index in [1.807, 2.05) is 37.3 Å². The van der Waals surface area contributed by atoms with Gasteiger partial charge in [-0.3, -0.25) is 4.79 Å². The third kappa shape index (κ3) is 5.06. The Labute approximate surface area is 154 Å². The summed E-state index contributed by atoms with van der Waals surface area (Å²) in [6.45, 7) is 8.21. The SMILES string of the molecule is COCCN(CC(C)C)C(=O)c1c(C)nn(Cc2ccccc2)c1Cl. The lowest BCUT2D eigenvalue weighted by Gasteiger charge is -2.24. The van der Waals surface area contributed by atoms with Gasteiger partial charge in [0.2, 0.25) is 0 Å². The molecular weight excluding hydrogens is 338 g/mol. The number of nitrogens with zero attached hydrogens (tertiary/aromatic N) is 3. The highest BCUT2D eigenvalue weighted by atomic mass is 35.5. The molecule has 0 radical (unpaired) electrons. The molecule has 0 aliphatic carbocycles. The van der Waals surface area contributed by atoms with Crippen molar-refractivity contribution in [1.29, 1.82) is 0 Å². The molecule has 1 amide bonds. The number of hydrogen-bond acceptors (Lipinski definition) is 3. The summed E-state index contributed by atoms with van der Waals surface area (Å²) in [7, 11) is 1.63. The van der Waals surface area contributed by atoms with Crippen LogP contribution in [0.1, 0.15) is 35.5 Å². The summed E-state index contributed by atoms with van der Waals surface area (Å²) in [5.74, 6) is 0.270. The van der Waals surface area contributed by atoms with Gasteiger partial charge in [-0.15, -0.1) is 0 Å². The molecule has 1 heterocycles. The third-order valence-corrected chi connectivity index (χ3v) is 4.28. The van der Waals surface area contributed by atoms with Crippen LogP contribution in [0.15, 0.2) is 30.3 Å². The van der Waals surface area contributed by atoms with Crippen LogP contribution >= 0.6 is 11.6 Å². The highest BCUT2D eigenvalue weighted by Crippen LogP contribution is 2.23. The number of benzene rings is 1. The number of halogens is 1. The fraction of sp³-hybridized carbons (Fsp3) is 0.474. The van der Waals surface area contributed by atoms with Crippen molar-refractivity contribution in [2.45, 2.75) is 27.3 Å². The van der Waals surface area contributed by atoms with Crippen LogP contribution < -0.4 is 0 Å². The third-order valence-electron chi connectivity index (χ3n) is 3.89. The van der Waals surface area contributed by atoms with Crippen LogP contribution in [0.4, 0.5) is 0 Å². The van der Waals surface area contributed by atoms with Crippen molar-refractivity contribution in [2.24, 2.45) is 5.92 Å². The normalized spacial score (nSPS) is 11.1. The van der Waals surface area contributed by atoms with Gasteiger partial charge in [0.1, 0.15) is 5.15 Å². The van der Waals surface area contributed by atoms with Crippen LogP contribution in [0.5, 0.6) is 0 Å². The number of hydrogen-bond donors (Lipinski definition) is 0. The van der Waals surface area contributed by atoms with Crippen molar-refractivity contribution in [3.63, 3.8) is 0 Å². The molecule has 2 aromatic rings. The molecular formula is C19H26ClN3O2. The van der Waals surface area contributed by atoms with E-state index in [1.165, 1.54) is 0 Å². The molecule has 2 rings (SSSR count). The van der Waals surface area contributed by atoms with Crippen molar-refractivity contribution in [1.82, 2.24) is 14.7 Å². The van der Waals surface area contributed by atoms with E-state index in [1.54, 1.807) is 16.7 Å². The maximum atomic E-state index is 13.0. The molecule has 1 aromatic carbocycles. The molecule has 0 aliphatic heterocycles. The van der Waals surface area contributed by atoms with Gasteiger partial charge in [-0.05, 0) is 18.4 Å². The predicted molar refractivity (Wildman–Crippen MR) is 100 cm³/mol. The van der Waals surface area contributed by atoms with Crippen molar-refractivity contribution in [2.75, 3.05) is 26.8 Å². The first kappa shape index (κ1) is 19.5. The molecule has 0 saturated heterocycles. The fourth-order valence-corrected chi connectivity index (χ4v) is 3.05. The molecule has 0 aliphatic rings. The van der Waals surface area contributed by atoms with Gasteiger partial charge in [0.25, 0.3) is 5.91 Å². The van der Waals surface area contributed by atoms with Crippen molar-refractivity contribution >= 4 is 17.5 Å². The van der Waals surface area contributed by atoms with E-state index in [0.29, 0.717) is 48.6 Å². The van der Waals surface area contributed by atoms with Gasteiger partial charge in [-0.1, -0.05) is 55.8 Å². The summed E-state index contributed by atoms with van der Waals surface area (Å²) in [6, 6.07) is 9.94. The minimum atomic E-state index is -0.0902. The molecule has 0 spiro atoms. The molecule has 1 aromatic heterocycles. The minimum Gasteiger partial charge on any atom is -0.383 e. The average Bonchev–Trinajstić information content (AvgIpc) is 2.85. The summed E-state index contributed by atoms with van der Waals surface area (Å²) in [6.07, 6.45) is 0. The first-order chi connectivity index (χ1) is 11.9. The summed E-state index contributed by atoms with van der Waals surface area (Å²) < 4.78 is 6.82. The number of amides is 1. The second-order valence-corrected chi connectivity index (χ2v) is 6.89. The second-order valence-electron chi connectivity index (χ2n) is 6.53. The Hall–Kier alpha value is -1.85. The molecule has 0 fully saturated rings. The van der Waals surface area contributed by atoms with E-state index in [4.69, 9.17) is 16.3 Å². The van der Waals surface area contributed by atoms with Crippen LogP contribution in [0.3, 0.4) is 0 Å². The average molecular weight is 364 g/mol. The molecule has 0 N–H and O–H groups in total. The van der Waals surface area contributed by atoms with Gasteiger partial charge in [-0.2, -0.15) is 5.10 Å². The molecule has 0 bridgehead atoms. The molecule has 0 unspecified atom stereocenters. The molecule has 5 nitrogen and oxygen atoms in total. The highest BCUT2D eigenvalue weighted by molar-refractivity contribution is 6.33. The Morgan fingerprint density at radius 1 is 1.32 bits per heavy atom. The minimum absolute atomic E-state index is 0.0902. The van der Waals surface area contributed by atoms with E-state index in [-0.39, 0.29) is 5.91 Å². The van der Waals surface area contributed by atoms with Crippen LogP contribution in [0.2, 0.25) is 5.15 Å². The Morgan fingerprint density at radius 3 is 2.60 bits per heavy atom. The zero-order chi connectivity index (χ0) is 18.4. The maximum Gasteiger partial charge on any atom is 0.258 e. The Kier molecular flexibility index (Phi) is 7.02. The molecule has 0 saturated carbocycles. The molecule has 25 heavy (non-hydrogen) atoms. The highest BCUT2D eigenvalue weighted by Gasteiger charge is 2.25. The quantitative estimate of drug-likeness (QED) is 0.719. The lowest BCUT2D eigenvalue weighted by molar-refractivity contribution is 0.0671. The molecule has 136 valence electrons. The smallest absolute Gasteiger partial charge is 0.258 e. The largest absolute Gasteiger partial charge is 0.383 e. The Morgan fingerprint density at radius 2 is 2.00 bits per heavy atom. The van der Waals surface area contributed by atoms with Crippen LogP contribution in [0, 0.1) is 12.8 Å². The second kappa shape index (κ2) is 9.02. The lowest BCUT2D eigenvalue weighted by Crippen LogP contribution is -2.37. The van der Waals surface area contributed by atoms with Gasteiger partial charge in [0.05, 0.1) is 24.4 Å². The summed E-state index contributed by atoms with van der Waals surface area (Å²) in [4.78, 5) is 14.8. The topological polar surface area (TPSA) is 47.4 Å². The zero-order valence-electron chi connectivity index (χ0n) is 15.3. The summed E-state index contributed by atoms with van der Waals surface area (Å²) in [5.41, 5.74) is 2.22. The maximum absolute atomic E-state index is 13.0. The zero-order valence-corrected chi connectivity index (χ0v) is 16.1. The van der Waals surface area contributed by atoms with Gasteiger partial charge < -0.3 is 9.64 Å². The number of ether oxygens (including phenoxy) is 1. The van der Waals surface area contributed by atoms with E-state index < -0.39 is 0 Å². The number of aromatic nitrogens is 2. The first-order valence-electron chi connectivity index (χ1n) is 8.49. The fourth-order valence-electron chi connectivity index (χ4n) is 2.73. The predicted octanol–water partition coefficient (Wildman–Crippen LogP) is 3.64. The van der Waals surface area contributed by atoms with Gasteiger partial charge in [0, 0.05) is 20.2 Å². The standard InChI is InChI=1S/C19H26ClN3O2/c1-14(2)12-22(10-11-25-4)19(24)17-15(3)21-23(18(17)20)13-16-8-6-5-7-9-16/h5-9,14H,10-13H2,1-4H3. The van der Waals surface area contributed by atoms with Crippen molar-refractivity contribution in [3.05, 3.63) is 52.3 Å². The number of aryl methyl sites for hydroxylation is 1. The Bertz CT molecular complexity index is 698. The van der Waals surface area contributed by atoms with Crippen molar-refractivity contribution in [3.8, 4) is 0 Å². The van der Waals surface area contributed by atoms with E-state index in [2.05, 4.69) is 18.9 Å². The molecule has 6 heteroatoms. The lowest BCUT2D eigenvalue weighted by atomic mass is 10.1. The van der Waals surface area contributed by atoms with E-state index in [0.717, 1.165) is 5.56 Å². The van der Waals surface area contributed by atoms with Gasteiger partial charge in [-0.25, -0.2) is 4.68 Å². The van der Waals surface area contributed by atoms with E-state index in [9.17, 15) is 4.79 Å². The number of carbonyl (C=O) groups excluding carboxylic acids is 1. The summed E-state index contributed by atoms with van der Waals surface area (Å²) in [5, 5.41) is 4.86.